The highest BCUT2D eigenvalue weighted by molar-refractivity contribution is 7.99. The van der Waals surface area contributed by atoms with Crippen LogP contribution < -0.4 is 0 Å². The zero-order chi connectivity index (χ0) is 7.52. The van der Waals surface area contributed by atoms with Crippen LogP contribution in [0.2, 0.25) is 0 Å². The van der Waals surface area contributed by atoms with Gasteiger partial charge in [0.15, 0.2) is 0 Å². The summed E-state index contributed by atoms with van der Waals surface area (Å²) in [5.41, 5.74) is 1.45. The van der Waals surface area contributed by atoms with Gasteiger partial charge in [0.25, 0.3) is 0 Å². The zero-order valence-corrected chi connectivity index (χ0v) is 7.18. The molecule has 0 bridgehead atoms. The van der Waals surface area contributed by atoms with Gasteiger partial charge in [-0.25, -0.2) is 0 Å². The Morgan fingerprint density at radius 1 is 1.36 bits per heavy atom. The Morgan fingerprint density at radius 2 is 2.18 bits per heavy atom. The molecule has 2 rings (SSSR count). The predicted octanol–water partition coefficient (Wildman–Crippen LogP) is 2.65. The summed E-state index contributed by atoms with van der Waals surface area (Å²) in [6.07, 6.45) is 6.48. The van der Waals surface area contributed by atoms with E-state index in [1.807, 2.05) is 12.4 Å². The molecule has 0 saturated carbocycles. The molecule has 0 aromatic carbocycles. The van der Waals surface area contributed by atoms with Crippen LogP contribution in [0.25, 0.3) is 0 Å². The van der Waals surface area contributed by atoms with Crippen LogP contribution >= 0.6 is 11.8 Å². The molecule has 1 nitrogen and oxygen atoms in total. The lowest BCUT2D eigenvalue weighted by Gasteiger charge is -2.06. The average molecular weight is 165 g/mol. The normalized spacial score (nSPS) is 23.8. The topological polar surface area (TPSA) is 12.9 Å². The maximum Gasteiger partial charge on any atom is 0.0298 e. The van der Waals surface area contributed by atoms with E-state index in [1.165, 1.54) is 24.2 Å². The van der Waals surface area contributed by atoms with Crippen LogP contribution in [0.3, 0.4) is 0 Å². The largest absolute Gasteiger partial charge is 0.265 e. The summed E-state index contributed by atoms with van der Waals surface area (Å²) >= 11 is 2.07. The van der Waals surface area contributed by atoms with Gasteiger partial charge in [-0.3, -0.25) is 4.98 Å². The van der Waals surface area contributed by atoms with Crippen molar-refractivity contribution in [1.29, 1.82) is 0 Å². The Balaban J connectivity index is 2.16. The molecule has 1 aliphatic heterocycles. The van der Waals surface area contributed by atoms with E-state index in [9.17, 15) is 0 Å². The first kappa shape index (κ1) is 7.17. The number of hydrogen-bond donors (Lipinski definition) is 0. The Bertz CT molecular complexity index is 216. The number of thioether (sulfide) groups is 1. The molecule has 0 spiro atoms. The Morgan fingerprint density at radius 3 is 2.82 bits per heavy atom. The first-order chi connectivity index (χ1) is 5.47. The van der Waals surface area contributed by atoms with E-state index in [1.54, 1.807) is 0 Å². The van der Waals surface area contributed by atoms with Crippen LogP contribution in [0, 0.1) is 0 Å². The number of hydrogen-bond acceptors (Lipinski definition) is 2. The molecule has 0 aliphatic carbocycles. The number of nitrogens with zero attached hydrogens (tertiary/aromatic N) is 1. The molecule has 1 saturated heterocycles. The molecule has 2 heterocycles. The standard InChI is InChI=1S/C9H11NS/c1-2-9(11-7-1)8-3-5-10-6-4-8/h3-6,9H,1-2,7H2/t9-/m0/s1. The van der Waals surface area contributed by atoms with Crippen LogP contribution in [-0.4, -0.2) is 10.7 Å². The van der Waals surface area contributed by atoms with Crippen molar-refractivity contribution in [3.63, 3.8) is 0 Å². The SMILES string of the molecule is c1cc([C@@H]2CCCS2)ccn1. The van der Waals surface area contributed by atoms with E-state index < -0.39 is 0 Å². The van der Waals surface area contributed by atoms with Crippen LogP contribution in [-0.2, 0) is 0 Å². The Kier molecular flexibility index (Phi) is 2.13. The van der Waals surface area contributed by atoms with E-state index >= 15 is 0 Å². The van der Waals surface area contributed by atoms with Crippen molar-refractivity contribution in [1.82, 2.24) is 4.98 Å². The van der Waals surface area contributed by atoms with Crippen LogP contribution in [0.5, 0.6) is 0 Å². The molecular weight excluding hydrogens is 154 g/mol. The van der Waals surface area contributed by atoms with Gasteiger partial charge in [-0.2, -0.15) is 11.8 Å². The van der Waals surface area contributed by atoms with Gasteiger partial charge in [-0.15, -0.1) is 0 Å². The lowest BCUT2D eigenvalue weighted by Crippen LogP contribution is -1.87. The van der Waals surface area contributed by atoms with Crippen LogP contribution in [0.15, 0.2) is 24.5 Å². The van der Waals surface area contributed by atoms with Crippen molar-refractivity contribution in [2.24, 2.45) is 0 Å². The van der Waals surface area contributed by atoms with Gasteiger partial charge in [0.2, 0.25) is 0 Å². The maximum atomic E-state index is 4.01. The Labute approximate surface area is 71.2 Å². The summed E-state index contributed by atoms with van der Waals surface area (Å²) in [4.78, 5) is 4.01. The van der Waals surface area contributed by atoms with Gasteiger partial charge >= 0.3 is 0 Å². The van der Waals surface area contributed by atoms with E-state index in [2.05, 4.69) is 28.9 Å². The highest BCUT2D eigenvalue weighted by Crippen LogP contribution is 2.39. The minimum Gasteiger partial charge on any atom is -0.265 e. The third kappa shape index (κ3) is 1.56. The first-order valence-electron chi connectivity index (χ1n) is 3.98. The molecule has 58 valence electrons. The average Bonchev–Trinajstić information content (AvgIpc) is 2.58. The van der Waals surface area contributed by atoms with Crippen molar-refractivity contribution >= 4 is 11.8 Å². The molecule has 1 aromatic rings. The smallest absolute Gasteiger partial charge is 0.0298 e. The lowest BCUT2D eigenvalue weighted by molar-refractivity contribution is 0.828. The second-order valence-corrected chi connectivity index (χ2v) is 4.09. The molecule has 1 aromatic heterocycles. The maximum absolute atomic E-state index is 4.01. The number of pyridine rings is 1. The van der Waals surface area contributed by atoms with E-state index in [4.69, 9.17) is 0 Å². The fraction of sp³-hybridized carbons (Fsp3) is 0.444. The van der Waals surface area contributed by atoms with Crippen LogP contribution in [0.4, 0.5) is 0 Å². The van der Waals surface area contributed by atoms with Crippen molar-refractivity contribution in [3.8, 4) is 0 Å². The second-order valence-electron chi connectivity index (χ2n) is 2.78. The molecule has 0 amide bonds. The van der Waals surface area contributed by atoms with E-state index in [-0.39, 0.29) is 0 Å². The summed E-state index contributed by atoms with van der Waals surface area (Å²) < 4.78 is 0. The van der Waals surface area contributed by atoms with E-state index in [0.717, 1.165) is 5.25 Å². The van der Waals surface area contributed by atoms with Gasteiger partial charge in [0.1, 0.15) is 0 Å². The highest BCUT2D eigenvalue weighted by Gasteiger charge is 2.16. The first-order valence-corrected chi connectivity index (χ1v) is 5.03. The fourth-order valence-electron chi connectivity index (χ4n) is 1.42. The number of rotatable bonds is 1. The fourth-order valence-corrected chi connectivity index (χ4v) is 2.72. The van der Waals surface area contributed by atoms with Gasteiger partial charge in [0, 0.05) is 17.6 Å². The summed E-state index contributed by atoms with van der Waals surface area (Å²) in [6.45, 7) is 0. The van der Waals surface area contributed by atoms with Crippen molar-refractivity contribution in [2.75, 3.05) is 5.75 Å². The summed E-state index contributed by atoms with van der Waals surface area (Å²) in [5.74, 6) is 1.33. The van der Waals surface area contributed by atoms with Gasteiger partial charge in [-0.05, 0) is 36.3 Å². The Hall–Kier alpha value is -0.500. The molecule has 1 fully saturated rings. The quantitative estimate of drug-likeness (QED) is 0.634. The van der Waals surface area contributed by atoms with Crippen molar-refractivity contribution in [2.45, 2.75) is 18.1 Å². The molecule has 0 unspecified atom stereocenters. The zero-order valence-electron chi connectivity index (χ0n) is 6.36. The number of aromatic nitrogens is 1. The molecule has 11 heavy (non-hydrogen) atoms. The van der Waals surface area contributed by atoms with E-state index in [0.29, 0.717) is 0 Å². The summed E-state index contributed by atoms with van der Waals surface area (Å²) in [7, 11) is 0. The summed E-state index contributed by atoms with van der Waals surface area (Å²) in [5, 5.41) is 0.748. The molecule has 1 aliphatic rings. The van der Waals surface area contributed by atoms with Crippen LogP contribution in [0.1, 0.15) is 23.7 Å². The highest BCUT2D eigenvalue weighted by atomic mass is 32.2. The molecular formula is C9H11NS. The minimum atomic E-state index is 0.748. The molecule has 2 heteroatoms. The van der Waals surface area contributed by atoms with Gasteiger partial charge in [0.05, 0.1) is 0 Å². The third-order valence-electron chi connectivity index (χ3n) is 2.01. The monoisotopic (exact) mass is 165 g/mol. The molecule has 1 atom stereocenters. The summed E-state index contributed by atoms with van der Waals surface area (Å²) in [6, 6.07) is 4.26. The third-order valence-corrected chi connectivity index (χ3v) is 3.44. The molecule has 0 radical (unpaired) electrons. The predicted molar refractivity (Wildman–Crippen MR) is 48.7 cm³/mol. The van der Waals surface area contributed by atoms with Gasteiger partial charge < -0.3 is 0 Å². The van der Waals surface area contributed by atoms with Gasteiger partial charge in [-0.1, -0.05) is 0 Å². The second kappa shape index (κ2) is 3.26. The van der Waals surface area contributed by atoms with Crippen molar-refractivity contribution in [3.05, 3.63) is 30.1 Å². The van der Waals surface area contributed by atoms with Crippen molar-refractivity contribution < 1.29 is 0 Å². The minimum absolute atomic E-state index is 0.748. The molecule has 0 N–H and O–H groups in total. The lowest BCUT2D eigenvalue weighted by atomic mass is 10.1.